The van der Waals surface area contributed by atoms with Crippen LogP contribution in [0, 0.1) is 0 Å². The van der Waals surface area contributed by atoms with Crippen molar-refractivity contribution in [3.8, 4) is 5.75 Å². The lowest BCUT2D eigenvalue weighted by molar-refractivity contribution is 0.333. The minimum atomic E-state index is -0.111. The summed E-state index contributed by atoms with van der Waals surface area (Å²) in [5.74, 6) is 6.59. The van der Waals surface area contributed by atoms with Gasteiger partial charge in [0.05, 0.1) is 20.2 Å². The number of rotatable bonds is 5. The van der Waals surface area contributed by atoms with E-state index in [0.29, 0.717) is 6.61 Å². The fourth-order valence-electron chi connectivity index (χ4n) is 1.90. The first-order chi connectivity index (χ1) is 9.17. The minimum Gasteiger partial charge on any atom is -0.494 e. The first kappa shape index (κ1) is 15.0. The van der Waals surface area contributed by atoms with E-state index in [-0.39, 0.29) is 6.04 Å². The third kappa shape index (κ3) is 3.38. The van der Waals surface area contributed by atoms with Crippen LogP contribution in [0.4, 0.5) is 0 Å². The lowest BCUT2D eigenvalue weighted by Crippen LogP contribution is -2.29. The average molecular weight is 406 g/mol. The minimum absolute atomic E-state index is 0.111. The zero-order valence-electron chi connectivity index (χ0n) is 10.3. The summed E-state index contributed by atoms with van der Waals surface area (Å²) in [6.07, 6.45) is 0. The van der Waals surface area contributed by atoms with Gasteiger partial charge in [0, 0.05) is 11.1 Å². The number of hydrazine groups is 1. The van der Waals surface area contributed by atoms with Crippen molar-refractivity contribution in [2.45, 2.75) is 13.0 Å². The first-order valence-corrected chi connectivity index (χ1v) is 8.20. The van der Waals surface area contributed by atoms with Crippen molar-refractivity contribution < 1.29 is 4.74 Å². The van der Waals surface area contributed by atoms with Gasteiger partial charge in [0.2, 0.25) is 0 Å². The second kappa shape index (κ2) is 6.85. The van der Waals surface area contributed by atoms with E-state index >= 15 is 0 Å². The van der Waals surface area contributed by atoms with E-state index in [1.54, 1.807) is 11.3 Å². The number of para-hydroxylation sites is 1. The van der Waals surface area contributed by atoms with Gasteiger partial charge in [0.1, 0.15) is 5.75 Å². The maximum atomic E-state index is 5.74. The molecular formula is C13H14Br2N2OS. The van der Waals surface area contributed by atoms with Crippen LogP contribution in [-0.4, -0.2) is 6.61 Å². The highest BCUT2D eigenvalue weighted by atomic mass is 79.9. The highest BCUT2D eigenvalue weighted by molar-refractivity contribution is 9.12. The molecule has 0 saturated heterocycles. The predicted octanol–water partition coefficient (Wildman–Crippen LogP) is 4.22. The number of thiophene rings is 1. The Labute approximate surface area is 133 Å². The van der Waals surface area contributed by atoms with Crippen molar-refractivity contribution >= 4 is 43.2 Å². The third-order valence-electron chi connectivity index (χ3n) is 2.69. The van der Waals surface area contributed by atoms with Crippen molar-refractivity contribution in [3.05, 3.63) is 49.0 Å². The van der Waals surface area contributed by atoms with E-state index in [0.717, 1.165) is 24.4 Å². The Morgan fingerprint density at radius 1 is 1.32 bits per heavy atom. The van der Waals surface area contributed by atoms with Crippen molar-refractivity contribution in [3.63, 3.8) is 0 Å². The molecule has 1 aromatic carbocycles. The Bertz CT molecular complexity index is 559. The van der Waals surface area contributed by atoms with Crippen LogP contribution in [0.2, 0.25) is 0 Å². The average Bonchev–Trinajstić information content (AvgIpc) is 2.72. The molecule has 2 aromatic rings. The zero-order valence-corrected chi connectivity index (χ0v) is 14.3. The largest absolute Gasteiger partial charge is 0.494 e. The monoisotopic (exact) mass is 404 g/mol. The second-order valence-electron chi connectivity index (χ2n) is 3.85. The summed E-state index contributed by atoms with van der Waals surface area (Å²) in [6.45, 7) is 2.60. The Hall–Kier alpha value is -0.400. The molecule has 19 heavy (non-hydrogen) atoms. The maximum Gasteiger partial charge on any atom is 0.124 e. The number of halogens is 2. The number of nitrogens with two attached hydrogens (primary N) is 1. The van der Waals surface area contributed by atoms with Gasteiger partial charge < -0.3 is 4.74 Å². The highest BCUT2D eigenvalue weighted by Crippen LogP contribution is 2.39. The Morgan fingerprint density at radius 3 is 2.63 bits per heavy atom. The van der Waals surface area contributed by atoms with E-state index in [9.17, 15) is 0 Å². The van der Waals surface area contributed by atoms with Crippen molar-refractivity contribution in [2.24, 2.45) is 5.84 Å². The molecule has 1 atom stereocenters. The van der Waals surface area contributed by atoms with Gasteiger partial charge in [-0.15, -0.1) is 11.3 Å². The summed E-state index contributed by atoms with van der Waals surface area (Å²) in [5, 5.41) is 0. The van der Waals surface area contributed by atoms with E-state index < -0.39 is 0 Å². The Morgan fingerprint density at radius 2 is 2.05 bits per heavy atom. The number of ether oxygens (including phenoxy) is 1. The van der Waals surface area contributed by atoms with Crippen LogP contribution < -0.4 is 16.0 Å². The van der Waals surface area contributed by atoms with Gasteiger partial charge in [-0.05, 0) is 50.9 Å². The number of nitrogens with one attached hydrogen (secondary N) is 1. The van der Waals surface area contributed by atoms with Gasteiger partial charge in [0.25, 0.3) is 0 Å². The standard InChI is InChI=1S/C13H14Br2N2OS/c1-2-18-10-6-4-3-5-8(10)12(17-16)9-7-11(14)19-13(9)15/h3-7,12,17H,2,16H2,1H3. The summed E-state index contributed by atoms with van der Waals surface area (Å²) >= 11 is 8.69. The van der Waals surface area contributed by atoms with Crippen LogP contribution in [0.15, 0.2) is 37.9 Å². The predicted molar refractivity (Wildman–Crippen MR) is 86.5 cm³/mol. The van der Waals surface area contributed by atoms with Gasteiger partial charge in [0.15, 0.2) is 0 Å². The van der Waals surface area contributed by atoms with Crippen LogP contribution in [0.25, 0.3) is 0 Å². The number of hydrogen-bond donors (Lipinski definition) is 2. The summed E-state index contributed by atoms with van der Waals surface area (Å²) in [5.41, 5.74) is 4.98. The molecule has 1 aromatic heterocycles. The van der Waals surface area contributed by atoms with Crippen molar-refractivity contribution in [2.75, 3.05) is 6.61 Å². The van der Waals surface area contributed by atoms with Crippen LogP contribution in [-0.2, 0) is 0 Å². The molecule has 0 aliphatic carbocycles. The quantitative estimate of drug-likeness (QED) is 0.578. The lowest BCUT2D eigenvalue weighted by Gasteiger charge is -2.19. The molecule has 0 saturated carbocycles. The Kier molecular flexibility index (Phi) is 5.41. The van der Waals surface area contributed by atoms with Gasteiger partial charge >= 0.3 is 0 Å². The topological polar surface area (TPSA) is 47.3 Å². The highest BCUT2D eigenvalue weighted by Gasteiger charge is 2.21. The fourth-order valence-corrected chi connectivity index (χ4v) is 4.81. The molecular weight excluding hydrogens is 392 g/mol. The summed E-state index contributed by atoms with van der Waals surface area (Å²) in [6, 6.07) is 9.87. The summed E-state index contributed by atoms with van der Waals surface area (Å²) < 4.78 is 7.78. The summed E-state index contributed by atoms with van der Waals surface area (Å²) in [7, 11) is 0. The van der Waals surface area contributed by atoms with Crippen LogP contribution >= 0.6 is 43.2 Å². The molecule has 2 rings (SSSR count). The smallest absolute Gasteiger partial charge is 0.124 e. The molecule has 0 spiro atoms. The molecule has 0 amide bonds. The normalized spacial score (nSPS) is 12.4. The molecule has 0 aliphatic rings. The Balaban J connectivity index is 2.45. The third-order valence-corrected chi connectivity index (χ3v) is 5.08. The summed E-state index contributed by atoms with van der Waals surface area (Å²) in [4.78, 5) is 0. The second-order valence-corrected chi connectivity index (χ2v) is 7.60. The molecule has 0 fully saturated rings. The number of hydrogen-bond acceptors (Lipinski definition) is 4. The van der Waals surface area contributed by atoms with Gasteiger partial charge in [-0.25, -0.2) is 5.43 Å². The van der Waals surface area contributed by atoms with Crippen molar-refractivity contribution in [1.82, 2.24) is 5.43 Å². The molecule has 102 valence electrons. The molecule has 3 nitrogen and oxygen atoms in total. The zero-order chi connectivity index (χ0) is 13.8. The number of benzene rings is 1. The van der Waals surface area contributed by atoms with E-state index in [1.165, 1.54) is 0 Å². The van der Waals surface area contributed by atoms with E-state index in [1.807, 2.05) is 31.2 Å². The van der Waals surface area contributed by atoms with Crippen LogP contribution in [0.3, 0.4) is 0 Å². The van der Waals surface area contributed by atoms with Gasteiger partial charge in [-0.3, -0.25) is 5.84 Å². The van der Waals surface area contributed by atoms with Gasteiger partial charge in [-0.1, -0.05) is 18.2 Å². The maximum absolute atomic E-state index is 5.74. The van der Waals surface area contributed by atoms with Gasteiger partial charge in [-0.2, -0.15) is 0 Å². The molecule has 1 heterocycles. The van der Waals surface area contributed by atoms with E-state index in [4.69, 9.17) is 10.6 Å². The molecule has 0 bridgehead atoms. The molecule has 1 unspecified atom stereocenters. The molecule has 0 radical (unpaired) electrons. The molecule has 3 N–H and O–H groups in total. The molecule has 6 heteroatoms. The first-order valence-electron chi connectivity index (χ1n) is 5.80. The SMILES string of the molecule is CCOc1ccccc1C(NN)c1cc(Br)sc1Br. The lowest BCUT2D eigenvalue weighted by atomic mass is 10.0. The molecule has 0 aliphatic heterocycles. The van der Waals surface area contributed by atoms with Crippen LogP contribution in [0.5, 0.6) is 5.75 Å². The fraction of sp³-hybridized carbons (Fsp3) is 0.231. The van der Waals surface area contributed by atoms with E-state index in [2.05, 4.69) is 43.4 Å². The van der Waals surface area contributed by atoms with Crippen molar-refractivity contribution in [1.29, 1.82) is 0 Å². The van der Waals surface area contributed by atoms with Crippen LogP contribution in [0.1, 0.15) is 24.1 Å².